The fraction of sp³-hybridized carbons (Fsp3) is 0.294. The van der Waals surface area contributed by atoms with Gasteiger partial charge in [0.05, 0.1) is 4.47 Å². The minimum Gasteiger partial charge on any atom is -0.488 e. The Balaban J connectivity index is 1.88. The molecule has 0 aliphatic heterocycles. The molecule has 0 aliphatic rings. The maximum absolute atomic E-state index is 5.83. The Bertz CT molecular complexity index is 570. The van der Waals surface area contributed by atoms with Gasteiger partial charge in [-0.1, -0.05) is 47.1 Å². The molecule has 4 heteroatoms. The van der Waals surface area contributed by atoms with E-state index in [4.69, 9.17) is 4.74 Å². The van der Waals surface area contributed by atoms with Crippen molar-refractivity contribution in [2.24, 2.45) is 0 Å². The summed E-state index contributed by atoms with van der Waals surface area (Å²) in [6.45, 7) is 4.73. The second kappa shape index (κ2) is 8.57. The molecule has 0 fully saturated rings. The summed E-state index contributed by atoms with van der Waals surface area (Å²) in [6, 6.07) is 14.5. The first-order valence-electron chi connectivity index (χ1n) is 7.05. The van der Waals surface area contributed by atoms with Gasteiger partial charge in [0.25, 0.3) is 0 Å². The van der Waals surface area contributed by atoms with Gasteiger partial charge in [-0.3, -0.25) is 0 Å². The highest BCUT2D eigenvalue weighted by Gasteiger charge is 2.02. The number of benzene rings is 2. The molecule has 2 nitrogen and oxygen atoms in total. The van der Waals surface area contributed by atoms with Crippen LogP contribution < -0.4 is 10.1 Å². The lowest BCUT2D eigenvalue weighted by Crippen LogP contribution is -2.13. The Morgan fingerprint density at radius 1 is 1.00 bits per heavy atom. The van der Waals surface area contributed by atoms with Crippen LogP contribution in [-0.4, -0.2) is 6.54 Å². The zero-order valence-corrected chi connectivity index (χ0v) is 15.2. The quantitative estimate of drug-likeness (QED) is 0.623. The number of hydrogen-bond acceptors (Lipinski definition) is 2. The molecule has 0 radical (unpaired) electrons. The number of nitrogens with one attached hydrogen (secondary N) is 1. The van der Waals surface area contributed by atoms with E-state index in [0.717, 1.165) is 34.2 Å². The Morgan fingerprint density at radius 2 is 1.71 bits per heavy atom. The molecule has 112 valence electrons. The third kappa shape index (κ3) is 5.46. The first kappa shape index (κ1) is 16.5. The van der Waals surface area contributed by atoms with Crippen LogP contribution >= 0.6 is 31.9 Å². The maximum atomic E-state index is 5.83. The van der Waals surface area contributed by atoms with Crippen LogP contribution in [0.4, 0.5) is 0 Å². The average molecular weight is 413 g/mol. The van der Waals surface area contributed by atoms with Gasteiger partial charge in [0, 0.05) is 11.0 Å². The molecule has 2 aromatic carbocycles. The molecule has 0 aliphatic carbocycles. The Hall–Kier alpha value is -0.840. The van der Waals surface area contributed by atoms with E-state index < -0.39 is 0 Å². The molecule has 0 atom stereocenters. The number of hydrogen-bond donors (Lipinski definition) is 1. The fourth-order valence-corrected chi connectivity index (χ4v) is 3.08. The lowest BCUT2D eigenvalue weighted by Gasteiger charge is -2.09. The highest BCUT2D eigenvalue weighted by Crippen LogP contribution is 2.28. The van der Waals surface area contributed by atoms with Crippen molar-refractivity contribution in [3.63, 3.8) is 0 Å². The predicted molar refractivity (Wildman–Crippen MR) is 94.6 cm³/mol. The summed E-state index contributed by atoms with van der Waals surface area (Å²) in [5, 5.41) is 3.40. The largest absolute Gasteiger partial charge is 0.488 e. The molecule has 2 aromatic rings. The van der Waals surface area contributed by atoms with Gasteiger partial charge in [-0.25, -0.2) is 0 Å². The molecule has 0 amide bonds. The van der Waals surface area contributed by atoms with E-state index in [0.29, 0.717) is 6.61 Å². The molecule has 0 saturated heterocycles. The van der Waals surface area contributed by atoms with Crippen LogP contribution in [-0.2, 0) is 13.2 Å². The van der Waals surface area contributed by atoms with Gasteiger partial charge < -0.3 is 10.1 Å². The van der Waals surface area contributed by atoms with E-state index in [1.54, 1.807) is 0 Å². The minimum atomic E-state index is 0.572. The molecular formula is C17H19Br2NO. The van der Waals surface area contributed by atoms with E-state index in [9.17, 15) is 0 Å². The first-order chi connectivity index (χ1) is 10.2. The Morgan fingerprint density at radius 3 is 2.38 bits per heavy atom. The van der Waals surface area contributed by atoms with Crippen molar-refractivity contribution >= 4 is 31.9 Å². The minimum absolute atomic E-state index is 0.572. The Labute approximate surface area is 143 Å². The van der Waals surface area contributed by atoms with Crippen LogP contribution in [0, 0.1) is 0 Å². The summed E-state index contributed by atoms with van der Waals surface area (Å²) in [5.74, 6) is 0.854. The van der Waals surface area contributed by atoms with E-state index in [-0.39, 0.29) is 0 Å². The topological polar surface area (TPSA) is 21.3 Å². The molecule has 0 bridgehead atoms. The lowest BCUT2D eigenvalue weighted by molar-refractivity contribution is 0.304. The van der Waals surface area contributed by atoms with E-state index in [2.05, 4.69) is 68.4 Å². The van der Waals surface area contributed by atoms with Crippen molar-refractivity contribution in [2.75, 3.05) is 6.54 Å². The van der Waals surface area contributed by atoms with Crippen molar-refractivity contribution in [3.05, 3.63) is 62.5 Å². The second-order valence-corrected chi connectivity index (χ2v) is 6.63. The fourth-order valence-electron chi connectivity index (χ4n) is 1.92. The summed E-state index contributed by atoms with van der Waals surface area (Å²) in [6.07, 6.45) is 1.16. The molecular weight excluding hydrogens is 394 g/mol. The molecule has 0 unspecified atom stereocenters. The number of halogens is 2. The molecule has 0 saturated carbocycles. The van der Waals surface area contributed by atoms with Crippen molar-refractivity contribution in [1.82, 2.24) is 5.32 Å². The van der Waals surface area contributed by atoms with Gasteiger partial charge in [-0.2, -0.15) is 0 Å². The molecule has 0 aromatic heterocycles. The van der Waals surface area contributed by atoms with Crippen LogP contribution in [0.15, 0.2) is 51.4 Å². The van der Waals surface area contributed by atoms with E-state index >= 15 is 0 Å². The zero-order valence-electron chi connectivity index (χ0n) is 12.0. The van der Waals surface area contributed by atoms with E-state index in [1.165, 1.54) is 11.1 Å². The highest BCUT2D eigenvalue weighted by atomic mass is 79.9. The van der Waals surface area contributed by atoms with Gasteiger partial charge >= 0.3 is 0 Å². The molecule has 1 N–H and O–H groups in total. The van der Waals surface area contributed by atoms with Crippen molar-refractivity contribution in [2.45, 2.75) is 26.5 Å². The van der Waals surface area contributed by atoms with Crippen LogP contribution in [0.5, 0.6) is 5.75 Å². The van der Waals surface area contributed by atoms with Crippen LogP contribution in [0.1, 0.15) is 24.5 Å². The van der Waals surface area contributed by atoms with Crippen molar-refractivity contribution in [3.8, 4) is 5.75 Å². The van der Waals surface area contributed by atoms with Gasteiger partial charge in [-0.05, 0) is 58.2 Å². The summed E-state index contributed by atoms with van der Waals surface area (Å²) < 4.78 is 7.82. The Kier molecular flexibility index (Phi) is 6.74. The van der Waals surface area contributed by atoms with Crippen molar-refractivity contribution in [1.29, 1.82) is 0 Å². The molecule has 21 heavy (non-hydrogen) atoms. The van der Waals surface area contributed by atoms with Crippen LogP contribution in [0.3, 0.4) is 0 Å². The second-order valence-electron chi connectivity index (χ2n) is 4.86. The van der Waals surface area contributed by atoms with Gasteiger partial charge in [0.15, 0.2) is 0 Å². The monoisotopic (exact) mass is 411 g/mol. The first-order valence-corrected chi connectivity index (χ1v) is 8.64. The standard InChI is InChI=1S/C17H19Br2NO/c1-2-9-20-11-13-3-5-14(6-4-13)12-21-17-8-7-15(18)10-16(17)19/h3-8,10,20H,2,9,11-12H2,1H3. The normalized spacial score (nSPS) is 10.6. The number of ether oxygens (including phenoxy) is 1. The summed E-state index contributed by atoms with van der Waals surface area (Å²) in [5.41, 5.74) is 2.47. The lowest BCUT2D eigenvalue weighted by atomic mass is 10.1. The van der Waals surface area contributed by atoms with Gasteiger partial charge in [-0.15, -0.1) is 0 Å². The third-order valence-electron chi connectivity index (χ3n) is 3.07. The highest BCUT2D eigenvalue weighted by molar-refractivity contribution is 9.11. The number of rotatable bonds is 7. The predicted octanol–water partition coefficient (Wildman–Crippen LogP) is 5.29. The summed E-state index contributed by atoms with van der Waals surface area (Å²) in [7, 11) is 0. The molecule has 0 spiro atoms. The average Bonchev–Trinajstić information content (AvgIpc) is 2.48. The van der Waals surface area contributed by atoms with Crippen LogP contribution in [0.2, 0.25) is 0 Å². The van der Waals surface area contributed by atoms with Crippen LogP contribution in [0.25, 0.3) is 0 Å². The van der Waals surface area contributed by atoms with E-state index in [1.807, 2.05) is 18.2 Å². The SMILES string of the molecule is CCCNCc1ccc(COc2ccc(Br)cc2Br)cc1. The summed E-state index contributed by atoms with van der Waals surface area (Å²) in [4.78, 5) is 0. The maximum Gasteiger partial charge on any atom is 0.134 e. The van der Waals surface area contributed by atoms with Crippen molar-refractivity contribution < 1.29 is 4.74 Å². The van der Waals surface area contributed by atoms with Gasteiger partial charge in [0.1, 0.15) is 12.4 Å². The van der Waals surface area contributed by atoms with Gasteiger partial charge in [0.2, 0.25) is 0 Å². The zero-order chi connectivity index (χ0) is 15.1. The summed E-state index contributed by atoms with van der Waals surface area (Å²) >= 11 is 6.94. The molecule has 0 heterocycles. The third-order valence-corrected chi connectivity index (χ3v) is 4.18. The molecule has 2 rings (SSSR count). The smallest absolute Gasteiger partial charge is 0.134 e.